The Balaban J connectivity index is 2.23. The fraction of sp³-hybridized carbons (Fsp3) is 0.545. The van der Waals surface area contributed by atoms with E-state index in [9.17, 15) is 19.2 Å². The molecule has 5 atom stereocenters. The number of carbonyl (C=O) groups is 4. The Morgan fingerprint density at radius 2 is 1.81 bits per heavy atom. The molecule has 0 bridgehead atoms. The summed E-state index contributed by atoms with van der Waals surface area (Å²) in [6.07, 6.45) is -0.696. The molecule has 0 saturated carbocycles. The van der Waals surface area contributed by atoms with Gasteiger partial charge in [0.2, 0.25) is 0 Å². The third-order valence-corrected chi connectivity index (χ3v) is 5.38. The lowest BCUT2D eigenvalue weighted by molar-refractivity contribution is -0.171. The minimum Gasteiger partial charge on any atom is -0.463 e. The minimum absolute atomic E-state index is 0.153. The summed E-state index contributed by atoms with van der Waals surface area (Å²) in [7, 11) is 1.51. The van der Waals surface area contributed by atoms with Crippen molar-refractivity contribution in [3.05, 3.63) is 35.9 Å². The van der Waals surface area contributed by atoms with Crippen molar-refractivity contribution >= 4 is 24.4 Å². The van der Waals surface area contributed by atoms with Gasteiger partial charge in [-0.25, -0.2) is 0 Å². The molecule has 170 valence electrons. The molecule has 0 aliphatic carbocycles. The van der Waals surface area contributed by atoms with Crippen LogP contribution in [-0.2, 0) is 42.9 Å². The second-order valence-electron chi connectivity index (χ2n) is 7.18. The van der Waals surface area contributed by atoms with E-state index in [4.69, 9.17) is 23.7 Å². The highest BCUT2D eigenvalue weighted by Crippen LogP contribution is 2.42. The number of ether oxygens (including phenoxy) is 5. The highest BCUT2D eigenvalue weighted by Gasteiger charge is 2.55. The van der Waals surface area contributed by atoms with E-state index in [-0.39, 0.29) is 25.8 Å². The lowest BCUT2D eigenvalue weighted by Gasteiger charge is -2.30. The average Bonchev–Trinajstić information content (AvgIpc) is 3.06. The number of rotatable bonds is 13. The molecule has 0 amide bonds. The molecular weight excluding hydrogens is 408 g/mol. The topological polar surface area (TPSA) is 114 Å². The lowest BCUT2D eigenvalue weighted by atomic mass is 9.73. The average molecular weight is 436 g/mol. The lowest BCUT2D eigenvalue weighted by Crippen LogP contribution is -2.42. The summed E-state index contributed by atoms with van der Waals surface area (Å²) in [6, 6.07) is 9.21. The maximum atomic E-state index is 12.6. The van der Waals surface area contributed by atoms with E-state index < -0.39 is 41.8 Å². The van der Waals surface area contributed by atoms with Gasteiger partial charge in [-0.1, -0.05) is 37.3 Å². The van der Waals surface area contributed by atoms with E-state index in [1.165, 1.54) is 14.0 Å². The van der Waals surface area contributed by atoms with Crippen LogP contribution in [0.2, 0.25) is 0 Å². The van der Waals surface area contributed by atoms with Gasteiger partial charge in [-0.2, -0.15) is 0 Å². The summed E-state index contributed by atoms with van der Waals surface area (Å²) >= 11 is 0. The van der Waals surface area contributed by atoms with Gasteiger partial charge >= 0.3 is 17.9 Å². The van der Waals surface area contributed by atoms with Gasteiger partial charge in [0, 0.05) is 7.11 Å². The number of benzene rings is 1. The normalized spacial score (nSPS) is 21.1. The third-order valence-electron chi connectivity index (χ3n) is 5.38. The standard InChI is InChI=1S/C22H28O9/c1-4-16(15-8-6-5-7-9-15)17-18(22(26)31-21(17)25)19(29-12-23)14(2)20(24)30-13-28-11-10-27-3/h5-9,12,14,16-19H,4,10-11,13H2,1-3H3. The van der Waals surface area contributed by atoms with E-state index in [1.807, 2.05) is 37.3 Å². The smallest absolute Gasteiger partial charge is 0.321 e. The third kappa shape index (κ3) is 6.11. The van der Waals surface area contributed by atoms with Crippen LogP contribution >= 0.6 is 0 Å². The van der Waals surface area contributed by atoms with E-state index in [1.54, 1.807) is 0 Å². The number of methoxy groups -OCH3 is 1. The van der Waals surface area contributed by atoms with E-state index in [0.29, 0.717) is 13.0 Å². The van der Waals surface area contributed by atoms with Crippen LogP contribution in [0.5, 0.6) is 0 Å². The minimum atomic E-state index is -1.23. The first kappa shape index (κ1) is 24.5. The highest BCUT2D eigenvalue weighted by molar-refractivity contribution is 5.98. The summed E-state index contributed by atoms with van der Waals surface area (Å²) in [5.74, 6) is -5.69. The van der Waals surface area contributed by atoms with Crippen LogP contribution in [0.3, 0.4) is 0 Å². The Morgan fingerprint density at radius 1 is 1.13 bits per heavy atom. The molecule has 0 N–H and O–H groups in total. The fourth-order valence-electron chi connectivity index (χ4n) is 3.82. The Morgan fingerprint density at radius 3 is 2.42 bits per heavy atom. The Labute approximate surface area is 180 Å². The first-order valence-electron chi connectivity index (χ1n) is 10.1. The Bertz CT molecular complexity index is 749. The van der Waals surface area contributed by atoms with Crippen molar-refractivity contribution in [2.75, 3.05) is 27.1 Å². The van der Waals surface area contributed by atoms with Crippen molar-refractivity contribution in [1.82, 2.24) is 0 Å². The summed E-state index contributed by atoms with van der Waals surface area (Å²) in [5, 5.41) is 0. The van der Waals surface area contributed by atoms with E-state index >= 15 is 0 Å². The highest BCUT2D eigenvalue weighted by atomic mass is 16.7. The number of hydrogen-bond acceptors (Lipinski definition) is 9. The maximum absolute atomic E-state index is 12.6. The van der Waals surface area contributed by atoms with Crippen molar-refractivity contribution in [2.24, 2.45) is 17.8 Å². The molecule has 1 aromatic carbocycles. The molecule has 1 aliphatic rings. The predicted octanol–water partition coefficient (Wildman–Crippen LogP) is 1.84. The first-order valence-corrected chi connectivity index (χ1v) is 10.1. The molecule has 1 aliphatic heterocycles. The molecule has 1 saturated heterocycles. The molecule has 9 heteroatoms. The van der Waals surface area contributed by atoms with Crippen LogP contribution in [0.15, 0.2) is 30.3 Å². The predicted molar refractivity (Wildman–Crippen MR) is 106 cm³/mol. The van der Waals surface area contributed by atoms with Gasteiger partial charge in [0.1, 0.15) is 12.0 Å². The molecule has 1 heterocycles. The molecule has 1 aromatic rings. The zero-order chi connectivity index (χ0) is 22.8. The van der Waals surface area contributed by atoms with Crippen molar-refractivity contribution in [3.63, 3.8) is 0 Å². The number of hydrogen-bond donors (Lipinski definition) is 0. The zero-order valence-corrected chi connectivity index (χ0v) is 17.9. The monoisotopic (exact) mass is 436 g/mol. The largest absolute Gasteiger partial charge is 0.463 e. The molecule has 1 fully saturated rings. The van der Waals surface area contributed by atoms with Crippen molar-refractivity contribution in [1.29, 1.82) is 0 Å². The van der Waals surface area contributed by atoms with Crippen LogP contribution in [0, 0.1) is 17.8 Å². The van der Waals surface area contributed by atoms with Gasteiger partial charge in [-0.05, 0) is 24.8 Å². The molecule has 5 unspecified atom stereocenters. The van der Waals surface area contributed by atoms with Crippen molar-refractivity contribution in [3.8, 4) is 0 Å². The maximum Gasteiger partial charge on any atom is 0.321 e. The van der Waals surface area contributed by atoms with Gasteiger partial charge in [0.15, 0.2) is 6.79 Å². The van der Waals surface area contributed by atoms with Gasteiger partial charge in [-0.3, -0.25) is 19.2 Å². The van der Waals surface area contributed by atoms with Gasteiger partial charge in [0.25, 0.3) is 6.47 Å². The van der Waals surface area contributed by atoms with Crippen LogP contribution < -0.4 is 0 Å². The second kappa shape index (κ2) is 12.2. The van der Waals surface area contributed by atoms with Crippen LogP contribution in [0.4, 0.5) is 0 Å². The van der Waals surface area contributed by atoms with Gasteiger partial charge < -0.3 is 23.7 Å². The van der Waals surface area contributed by atoms with Crippen LogP contribution in [0.25, 0.3) is 0 Å². The molecule has 31 heavy (non-hydrogen) atoms. The molecule has 9 nitrogen and oxygen atoms in total. The quantitative estimate of drug-likeness (QED) is 0.114. The summed E-state index contributed by atoms with van der Waals surface area (Å²) in [6.45, 7) is 3.74. The number of esters is 3. The second-order valence-corrected chi connectivity index (χ2v) is 7.18. The van der Waals surface area contributed by atoms with Crippen molar-refractivity contribution < 1.29 is 42.9 Å². The first-order chi connectivity index (χ1) is 15.0. The number of cyclic esters (lactones) is 2. The summed E-state index contributed by atoms with van der Waals surface area (Å²) in [5.41, 5.74) is 0.846. The van der Waals surface area contributed by atoms with Crippen molar-refractivity contribution in [2.45, 2.75) is 32.3 Å². The molecule has 0 spiro atoms. The summed E-state index contributed by atoms with van der Waals surface area (Å²) < 4.78 is 25.0. The zero-order valence-electron chi connectivity index (χ0n) is 17.9. The SMILES string of the molecule is CCC(c1ccccc1)C1C(=O)OC(=O)C1C(OC=O)C(C)C(=O)OCOCCOC. The molecule has 2 rings (SSSR count). The fourth-order valence-corrected chi connectivity index (χ4v) is 3.82. The molecule has 0 radical (unpaired) electrons. The summed E-state index contributed by atoms with van der Waals surface area (Å²) in [4.78, 5) is 48.9. The van der Waals surface area contributed by atoms with Crippen LogP contribution in [0.1, 0.15) is 31.7 Å². The molecule has 0 aromatic heterocycles. The Hall–Kier alpha value is -2.78. The number of carbonyl (C=O) groups excluding carboxylic acids is 4. The van der Waals surface area contributed by atoms with Gasteiger partial charge in [-0.15, -0.1) is 0 Å². The van der Waals surface area contributed by atoms with Gasteiger partial charge in [0.05, 0.1) is 25.0 Å². The Kier molecular flexibility index (Phi) is 9.61. The van der Waals surface area contributed by atoms with Crippen LogP contribution in [-0.4, -0.2) is 57.6 Å². The van der Waals surface area contributed by atoms with E-state index in [0.717, 1.165) is 5.56 Å². The molecular formula is C22H28O9. The van der Waals surface area contributed by atoms with E-state index in [2.05, 4.69) is 0 Å².